The quantitative estimate of drug-likeness (QED) is 0.458. The molecule has 0 bridgehead atoms. The highest BCUT2D eigenvalue weighted by molar-refractivity contribution is 7.66. The van der Waals surface area contributed by atoms with E-state index in [-0.39, 0.29) is 5.91 Å². The van der Waals surface area contributed by atoms with E-state index in [1.807, 2.05) is 0 Å². The molecule has 0 spiro atoms. The SMILES string of the molecule is CCCCCCCCCC(CCC(N)=O)=S=O. The Morgan fingerprint density at radius 2 is 1.53 bits per heavy atom. The lowest BCUT2D eigenvalue weighted by Crippen LogP contribution is -2.12. The van der Waals surface area contributed by atoms with Gasteiger partial charge in [-0.25, -0.2) is 4.21 Å². The van der Waals surface area contributed by atoms with Gasteiger partial charge in [-0.1, -0.05) is 45.4 Å². The lowest BCUT2D eigenvalue weighted by atomic mass is 10.1. The van der Waals surface area contributed by atoms with E-state index in [0.29, 0.717) is 24.1 Å². The molecule has 0 unspecified atom stereocenters. The number of unbranched alkanes of at least 4 members (excludes halogenated alkanes) is 6. The summed E-state index contributed by atoms with van der Waals surface area (Å²) in [6, 6.07) is 0. The molecule has 3 nitrogen and oxygen atoms in total. The summed E-state index contributed by atoms with van der Waals surface area (Å²) in [5.41, 5.74) is 5.05. The largest absolute Gasteiger partial charge is 0.370 e. The molecular formula is C13H25NO2S. The molecule has 0 aromatic carbocycles. The first kappa shape index (κ1) is 16.4. The van der Waals surface area contributed by atoms with Crippen LogP contribution in [0.2, 0.25) is 0 Å². The summed E-state index contributed by atoms with van der Waals surface area (Å²) in [5.74, 6) is -0.323. The van der Waals surface area contributed by atoms with E-state index in [4.69, 9.17) is 5.73 Å². The van der Waals surface area contributed by atoms with Crippen LogP contribution in [0.1, 0.15) is 71.1 Å². The molecule has 0 rings (SSSR count). The molecule has 0 radical (unpaired) electrons. The highest BCUT2D eigenvalue weighted by atomic mass is 32.1. The maximum absolute atomic E-state index is 10.8. The minimum atomic E-state index is -0.323. The van der Waals surface area contributed by atoms with Crippen LogP contribution >= 0.6 is 0 Å². The molecule has 0 aromatic rings. The Hall–Kier alpha value is -0.640. The summed E-state index contributed by atoms with van der Waals surface area (Å²) in [6.07, 6.45) is 10.4. The summed E-state index contributed by atoms with van der Waals surface area (Å²) in [7, 11) is 0. The van der Waals surface area contributed by atoms with E-state index in [1.54, 1.807) is 0 Å². The van der Waals surface area contributed by atoms with Crippen molar-refractivity contribution in [3.63, 3.8) is 0 Å². The summed E-state index contributed by atoms with van der Waals surface area (Å²) in [6.45, 7) is 2.21. The first-order valence-electron chi connectivity index (χ1n) is 6.63. The lowest BCUT2D eigenvalue weighted by molar-refractivity contribution is -0.117. The third-order valence-electron chi connectivity index (χ3n) is 2.83. The number of hydrogen-bond donors (Lipinski definition) is 1. The van der Waals surface area contributed by atoms with Crippen LogP contribution in [0.5, 0.6) is 0 Å². The van der Waals surface area contributed by atoms with Gasteiger partial charge in [0.15, 0.2) is 0 Å². The third kappa shape index (κ3) is 11.6. The molecule has 100 valence electrons. The highest BCUT2D eigenvalue weighted by Crippen LogP contribution is 2.09. The Balaban J connectivity index is 3.45. The molecule has 1 amide bonds. The molecule has 0 aliphatic carbocycles. The van der Waals surface area contributed by atoms with E-state index in [2.05, 4.69) is 6.92 Å². The van der Waals surface area contributed by atoms with Gasteiger partial charge in [-0.15, -0.1) is 0 Å². The number of nitrogens with two attached hydrogens (primary N) is 1. The number of rotatable bonds is 11. The second kappa shape index (κ2) is 11.8. The molecule has 0 saturated heterocycles. The number of hydrogen-bond acceptors (Lipinski definition) is 2. The monoisotopic (exact) mass is 259 g/mol. The molecule has 2 N–H and O–H groups in total. The molecule has 0 aliphatic rings. The fourth-order valence-corrected chi connectivity index (χ4v) is 2.16. The zero-order chi connectivity index (χ0) is 12.9. The van der Waals surface area contributed by atoms with E-state index >= 15 is 0 Å². The van der Waals surface area contributed by atoms with Gasteiger partial charge in [0, 0.05) is 11.3 Å². The summed E-state index contributed by atoms with van der Waals surface area (Å²) < 4.78 is 10.8. The third-order valence-corrected chi connectivity index (χ3v) is 3.47. The van der Waals surface area contributed by atoms with Gasteiger partial charge in [0.25, 0.3) is 0 Å². The van der Waals surface area contributed by atoms with E-state index < -0.39 is 0 Å². The van der Waals surface area contributed by atoms with Gasteiger partial charge in [-0.3, -0.25) is 4.79 Å². The van der Waals surface area contributed by atoms with Gasteiger partial charge in [0.05, 0.1) is 11.3 Å². The van der Waals surface area contributed by atoms with Crippen LogP contribution in [0, 0.1) is 0 Å². The van der Waals surface area contributed by atoms with Gasteiger partial charge >= 0.3 is 0 Å². The van der Waals surface area contributed by atoms with Gasteiger partial charge < -0.3 is 5.73 Å². The molecule has 0 aromatic heterocycles. The van der Waals surface area contributed by atoms with Crippen LogP contribution in [0.3, 0.4) is 0 Å². The van der Waals surface area contributed by atoms with Crippen molar-refractivity contribution in [1.82, 2.24) is 0 Å². The number of primary amides is 1. The molecule has 0 heterocycles. The smallest absolute Gasteiger partial charge is 0.217 e. The van der Waals surface area contributed by atoms with Crippen molar-refractivity contribution in [1.29, 1.82) is 0 Å². The van der Waals surface area contributed by atoms with Crippen LogP contribution in [0.25, 0.3) is 0 Å². The number of carbonyl (C=O) groups is 1. The van der Waals surface area contributed by atoms with Crippen LogP contribution < -0.4 is 5.73 Å². The van der Waals surface area contributed by atoms with Gasteiger partial charge in [-0.2, -0.15) is 0 Å². The second-order valence-electron chi connectivity index (χ2n) is 4.46. The minimum absolute atomic E-state index is 0.307. The highest BCUT2D eigenvalue weighted by Gasteiger charge is 2.02. The second-order valence-corrected chi connectivity index (χ2v) is 5.20. The summed E-state index contributed by atoms with van der Waals surface area (Å²) >= 11 is 0.543. The van der Waals surface area contributed by atoms with E-state index in [1.165, 1.54) is 38.5 Å². The fourth-order valence-electron chi connectivity index (χ4n) is 1.75. The van der Waals surface area contributed by atoms with Crippen molar-refractivity contribution in [2.45, 2.75) is 71.1 Å². The Morgan fingerprint density at radius 1 is 0.941 bits per heavy atom. The molecule has 0 fully saturated rings. The lowest BCUT2D eigenvalue weighted by Gasteiger charge is -2.02. The molecule has 17 heavy (non-hydrogen) atoms. The van der Waals surface area contributed by atoms with Crippen LogP contribution in [-0.4, -0.2) is 15.0 Å². The fraction of sp³-hybridized carbons (Fsp3) is 0.846. The van der Waals surface area contributed by atoms with Crippen molar-refractivity contribution in [2.75, 3.05) is 0 Å². The average Bonchev–Trinajstić information content (AvgIpc) is 2.31. The molecule has 0 aliphatic heterocycles. The summed E-state index contributed by atoms with van der Waals surface area (Å²) in [4.78, 5) is 11.5. The maximum Gasteiger partial charge on any atom is 0.217 e. The van der Waals surface area contributed by atoms with Gasteiger partial charge in [-0.05, 0) is 19.3 Å². The first-order valence-corrected chi connectivity index (χ1v) is 7.37. The van der Waals surface area contributed by atoms with E-state index in [0.717, 1.165) is 17.7 Å². The average molecular weight is 259 g/mol. The Labute approximate surface area is 108 Å². The normalized spacial score (nSPS) is 10.2. The molecular weight excluding hydrogens is 234 g/mol. The van der Waals surface area contributed by atoms with E-state index in [9.17, 15) is 9.00 Å². The summed E-state index contributed by atoms with van der Waals surface area (Å²) in [5, 5.41) is 0. The topological polar surface area (TPSA) is 60.2 Å². The standard InChI is InChI=1S/C13H25NO2S/c1-2-3-4-5-6-7-8-9-12(17-16)10-11-13(14)15/h2-11H2,1H3,(H2,14,15). The maximum atomic E-state index is 10.8. The van der Waals surface area contributed by atoms with Crippen LogP contribution in [0.4, 0.5) is 0 Å². The van der Waals surface area contributed by atoms with Gasteiger partial charge in [0.2, 0.25) is 5.91 Å². The van der Waals surface area contributed by atoms with Gasteiger partial charge in [0.1, 0.15) is 0 Å². The van der Waals surface area contributed by atoms with Crippen LogP contribution in [0.15, 0.2) is 0 Å². The van der Waals surface area contributed by atoms with Crippen molar-refractivity contribution < 1.29 is 9.00 Å². The predicted octanol–water partition coefficient (Wildman–Crippen LogP) is 2.78. The number of carbonyl (C=O) groups excluding carboxylic acids is 1. The van der Waals surface area contributed by atoms with Crippen molar-refractivity contribution >= 4 is 22.0 Å². The Kier molecular flexibility index (Phi) is 11.4. The Bertz CT molecular complexity index is 260. The Morgan fingerprint density at radius 3 is 2.06 bits per heavy atom. The predicted molar refractivity (Wildman–Crippen MR) is 74.2 cm³/mol. The van der Waals surface area contributed by atoms with Crippen molar-refractivity contribution in [2.24, 2.45) is 5.73 Å². The molecule has 4 heteroatoms. The first-order chi connectivity index (χ1) is 8.20. The zero-order valence-electron chi connectivity index (χ0n) is 10.9. The van der Waals surface area contributed by atoms with Crippen LogP contribution in [-0.2, 0) is 16.1 Å². The van der Waals surface area contributed by atoms with Crippen molar-refractivity contribution in [3.05, 3.63) is 0 Å². The molecule has 0 atom stereocenters. The van der Waals surface area contributed by atoms with Crippen molar-refractivity contribution in [3.8, 4) is 0 Å². The number of amides is 1. The zero-order valence-corrected chi connectivity index (χ0v) is 11.7. The minimum Gasteiger partial charge on any atom is -0.370 e. The molecule has 0 saturated carbocycles.